The second-order valence-electron chi connectivity index (χ2n) is 4.91. The van der Waals surface area contributed by atoms with Crippen molar-refractivity contribution in [2.24, 2.45) is 0 Å². The SMILES string of the molecule is C(NNc1nncc2ccccc12)=C1CCCCC1. The van der Waals surface area contributed by atoms with Gasteiger partial charge in [-0.15, -0.1) is 5.10 Å². The fourth-order valence-electron chi connectivity index (χ4n) is 2.48. The van der Waals surface area contributed by atoms with E-state index >= 15 is 0 Å². The molecule has 0 bridgehead atoms. The highest BCUT2D eigenvalue weighted by Gasteiger charge is 2.05. The zero-order chi connectivity index (χ0) is 12.9. The minimum Gasteiger partial charge on any atom is -0.307 e. The summed E-state index contributed by atoms with van der Waals surface area (Å²) in [6.07, 6.45) is 10.2. The van der Waals surface area contributed by atoms with Gasteiger partial charge in [0.25, 0.3) is 0 Å². The third kappa shape index (κ3) is 2.84. The lowest BCUT2D eigenvalue weighted by Gasteiger charge is -2.14. The number of allylic oxidation sites excluding steroid dienone is 1. The van der Waals surface area contributed by atoms with E-state index in [9.17, 15) is 0 Å². The van der Waals surface area contributed by atoms with Gasteiger partial charge in [-0.05, 0) is 25.7 Å². The highest BCUT2D eigenvalue weighted by atomic mass is 15.4. The number of nitrogens with zero attached hydrogens (tertiary/aromatic N) is 2. The molecule has 2 aromatic rings. The smallest absolute Gasteiger partial charge is 0.174 e. The lowest BCUT2D eigenvalue weighted by Crippen LogP contribution is -2.17. The van der Waals surface area contributed by atoms with Gasteiger partial charge in [-0.2, -0.15) is 5.10 Å². The Labute approximate surface area is 112 Å². The number of benzene rings is 1. The van der Waals surface area contributed by atoms with Crippen molar-refractivity contribution >= 4 is 16.6 Å². The molecule has 98 valence electrons. The van der Waals surface area contributed by atoms with Gasteiger partial charge < -0.3 is 5.43 Å². The maximum atomic E-state index is 4.14. The summed E-state index contributed by atoms with van der Waals surface area (Å²) in [6, 6.07) is 8.09. The second-order valence-corrected chi connectivity index (χ2v) is 4.91. The minimum atomic E-state index is 0.769. The van der Waals surface area contributed by atoms with Crippen LogP contribution in [-0.2, 0) is 0 Å². The monoisotopic (exact) mass is 254 g/mol. The summed E-state index contributed by atoms with van der Waals surface area (Å²) in [5.41, 5.74) is 7.76. The van der Waals surface area contributed by atoms with Crippen molar-refractivity contribution in [2.75, 3.05) is 5.43 Å². The summed E-state index contributed by atoms with van der Waals surface area (Å²) < 4.78 is 0. The molecule has 19 heavy (non-hydrogen) atoms. The molecule has 0 saturated heterocycles. The normalized spacial score (nSPS) is 15.3. The molecule has 1 heterocycles. The third-order valence-corrected chi connectivity index (χ3v) is 3.53. The molecule has 0 atom stereocenters. The fourth-order valence-corrected chi connectivity index (χ4v) is 2.48. The molecule has 1 aromatic heterocycles. The van der Waals surface area contributed by atoms with Crippen LogP contribution in [-0.4, -0.2) is 10.2 Å². The molecule has 0 radical (unpaired) electrons. The highest BCUT2D eigenvalue weighted by molar-refractivity contribution is 5.90. The molecule has 0 unspecified atom stereocenters. The van der Waals surface area contributed by atoms with E-state index in [0.717, 1.165) is 16.6 Å². The van der Waals surface area contributed by atoms with E-state index in [2.05, 4.69) is 27.2 Å². The lowest BCUT2D eigenvalue weighted by atomic mass is 9.96. The quantitative estimate of drug-likeness (QED) is 0.824. The molecule has 3 rings (SSSR count). The number of rotatable bonds is 3. The first-order chi connectivity index (χ1) is 9.43. The first kappa shape index (κ1) is 12.0. The summed E-state index contributed by atoms with van der Waals surface area (Å²) >= 11 is 0. The Bertz CT molecular complexity index is 578. The van der Waals surface area contributed by atoms with Gasteiger partial charge in [0.15, 0.2) is 5.82 Å². The maximum absolute atomic E-state index is 4.14. The number of hydrazine groups is 1. The number of anilines is 1. The molecule has 0 amide bonds. The van der Waals surface area contributed by atoms with Crippen molar-refractivity contribution < 1.29 is 0 Å². The van der Waals surface area contributed by atoms with Crippen LogP contribution in [0, 0.1) is 0 Å². The predicted molar refractivity (Wildman–Crippen MR) is 77.5 cm³/mol. The average Bonchev–Trinajstić information content (AvgIpc) is 2.49. The minimum absolute atomic E-state index is 0.769. The van der Waals surface area contributed by atoms with Gasteiger partial charge in [0.1, 0.15) is 0 Å². The van der Waals surface area contributed by atoms with Crippen molar-refractivity contribution in [3.8, 4) is 0 Å². The first-order valence-corrected chi connectivity index (χ1v) is 6.83. The van der Waals surface area contributed by atoms with Crippen molar-refractivity contribution in [3.63, 3.8) is 0 Å². The van der Waals surface area contributed by atoms with Gasteiger partial charge in [-0.3, -0.25) is 5.43 Å². The van der Waals surface area contributed by atoms with Crippen LogP contribution in [0.15, 0.2) is 42.2 Å². The van der Waals surface area contributed by atoms with Crippen molar-refractivity contribution in [2.45, 2.75) is 32.1 Å². The van der Waals surface area contributed by atoms with Gasteiger partial charge in [0.05, 0.1) is 6.20 Å². The van der Waals surface area contributed by atoms with Crippen LogP contribution in [0.3, 0.4) is 0 Å². The molecule has 1 aromatic carbocycles. The molecule has 4 nitrogen and oxygen atoms in total. The number of nitrogens with one attached hydrogen (secondary N) is 2. The Morgan fingerprint density at radius 1 is 1.05 bits per heavy atom. The third-order valence-electron chi connectivity index (χ3n) is 3.53. The topological polar surface area (TPSA) is 49.8 Å². The van der Waals surface area contributed by atoms with Crippen LogP contribution >= 0.6 is 0 Å². The van der Waals surface area contributed by atoms with E-state index in [0.29, 0.717) is 0 Å². The summed E-state index contributed by atoms with van der Waals surface area (Å²) in [6.45, 7) is 0. The van der Waals surface area contributed by atoms with Crippen LogP contribution in [0.2, 0.25) is 0 Å². The largest absolute Gasteiger partial charge is 0.307 e. The molecule has 4 heteroatoms. The van der Waals surface area contributed by atoms with Crippen molar-refractivity contribution in [1.29, 1.82) is 0 Å². The molecule has 0 spiro atoms. The van der Waals surface area contributed by atoms with E-state index in [1.807, 2.05) is 24.3 Å². The van der Waals surface area contributed by atoms with E-state index in [-0.39, 0.29) is 0 Å². The Kier molecular flexibility index (Phi) is 3.58. The predicted octanol–water partition coefficient (Wildman–Crippen LogP) is 3.39. The van der Waals surface area contributed by atoms with E-state index in [1.54, 1.807) is 6.20 Å². The second kappa shape index (κ2) is 5.69. The van der Waals surface area contributed by atoms with Crippen molar-refractivity contribution in [1.82, 2.24) is 15.6 Å². The molecular weight excluding hydrogens is 236 g/mol. The van der Waals surface area contributed by atoms with Crippen LogP contribution in [0.4, 0.5) is 5.82 Å². The molecule has 1 aliphatic carbocycles. The molecule has 1 aliphatic rings. The zero-order valence-electron chi connectivity index (χ0n) is 10.9. The van der Waals surface area contributed by atoms with Gasteiger partial charge in [-0.25, -0.2) is 0 Å². The summed E-state index contributed by atoms with van der Waals surface area (Å²) in [7, 11) is 0. The Hall–Kier alpha value is -2.10. The Balaban J connectivity index is 1.71. The molecule has 0 aliphatic heterocycles. The van der Waals surface area contributed by atoms with Crippen LogP contribution in [0.5, 0.6) is 0 Å². The number of aromatic nitrogens is 2. The van der Waals surface area contributed by atoms with Crippen LogP contribution < -0.4 is 10.9 Å². The molecular formula is C15H18N4. The molecule has 2 N–H and O–H groups in total. The lowest BCUT2D eigenvalue weighted by molar-refractivity contribution is 0.595. The zero-order valence-corrected chi connectivity index (χ0v) is 10.9. The van der Waals surface area contributed by atoms with E-state index in [1.165, 1.54) is 37.7 Å². The van der Waals surface area contributed by atoms with E-state index in [4.69, 9.17) is 0 Å². The number of hydrogen-bond acceptors (Lipinski definition) is 4. The number of fused-ring (bicyclic) bond motifs is 1. The maximum Gasteiger partial charge on any atom is 0.174 e. The Morgan fingerprint density at radius 2 is 1.89 bits per heavy atom. The van der Waals surface area contributed by atoms with E-state index < -0.39 is 0 Å². The molecule has 1 saturated carbocycles. The number of hydrogen-bond donors (Lipinski definition) is 2. The standard InChI is InChI=1S/C15H18N4/c1-2-6-12(7-3-1)10-16-18-15-14-9-5-4-8-13(14)11-17-19-15/h4-5,8-11,16H,1-3,6-7H2,(H,18,19). The van der Waals surface area contributed by atoms with Gasteiger partial charge in [0, 0.05) is 17.0 Å². The summed E-state index contributed by atoms with van der Waals surface area (Å²) in [4.78, 5) is 0. The molecule has 1 fully saturated rings. The fraction of sp³-hybridized carbons (Fsp3) is 0.333. The summed E-state index contributed by atoms with van der Waals surface area (Å²) in [5, 5.41) is 10.3. The van der Waals surface area contributed by atoms with Crippen molar-refractivity contribution in [3.05, 3.63) is 42.2 Å². The van der Waals surface area contributed by atoms with Crippen LogP contribution in [0.1, 0.15) is 32.1 Å². The summed E-state index contributed by atoms with van der Waals surface area (Å²) in [5.74, 6) is 0.769. The average molecular weight is 254 g/mol. The Morgan fingerprint density at radius 3 is 2.79 bits per heavy atom. The first-order valence-electron chi connectivity index (χ1n) is 6.83. The van der Waals surface area contributed by atoms with Gasteiger partial charge >= 0.3 is 0 Å². The van der Waals surface area contributed by atoms with Crippen LogP contribution in [0.25, 0.3) is 10.8 Å². The highest BCUT2D eigenvalue weighted by Crippen LogP contribution is 2.22. The van der Waals surface area contributed by atoms with Gasteiger partial charge in [-0.1, -0.05) is 36.3 Å². The van der Waals surface area contributed by atoms with Gasteiger partial charge in [0.2, 0.25) is 0 Å².